The van der Waals surface area contributed by atoms with Crippen molar-refractivity contribution in [3.05, 3.63) is 23.8 Å². The maximum Gasteiger partial charge on any atom is 0.341 e. The summed E-state index contributed by atoms with van der Waals surface area (Å²) >= 11 is 0. The first kappa shape index (κ1) is 13.0. The molecule has 0 spiro atoms. The molecule has 5 nitrogen and oxygen atoms in total. The van der Waals surface area contributed by atoms with Crippen LogP contribution in [0.4, 0.5) is 0 Å². The average molecular weight is 249 g/mol. The molecule has 1 heterocycles. The number of nitrogens with zero attached hydrogens (tertiary/aromatic N) is 2. The molecule has 2 N–H and O–H groups in total. The zero-order valence-corrected chi connectivity index (χ0v) is 11.1. The molecule has 98 valence electrons. The van der Waals surface area contributed by atoms with Gasteiger partial charge in [0.2, 0.25) is 0 Å². The van der Waals surface area contributed by atoms with E-state index >= 15 is 0 Å². The Hall–Kier alpha value is -1.49. The van der Waals surface area contributed by atoms with Crippen molar-refractivity contribution in [1.82, 2.24) is 9.97 Å². The minimum atomic E-state index is -0.515. The Morgan fingerprint density at radius 2 is 1.89 bits per heavy atom. The Morgan fingerprint density at radius 3 is 2.28 bits per heavy atom. The minimum Gasteiger partial charge on any atom is -0.456 e. The zero-order valence-electron chi connectivity index (χ0n) is 11.1. The van der Waals surface area contributed by atoms with Gasteiger partial charge in [0.25, 0.3) is 0 Å². The average Bonchev–Trinajstić information content (AvgIpc) is 2.24. The lowest BCUT2D eigenvalue weighted by Crippen LogP contribution is -2.44. The number of rotatable bonds is 2. The first-order valence-corrected chi connectivity index (χ1v) is 6.15. The largest absolute Gasteiger partial charge is 0.456 e. The molecule has 5 heteroatoms. The molecule has 0 aliphatic heterocycles. The predicted molar refractivity (Wildman–Crippen MR) is 66.9 cm³/mol. The van der Waals surface area contributed by atoms with Crippen LogP contribution < -0.4 is 5.73 Å². The second-order valence-electron chi connectivity index (χ2n) is 5.81. The molecular weight excluding hydrogens is 230 g/mol. The van der Waals surface area contributed by atoms with E-state index in [4.69, 9.17) is 10.5 Å². The first-order chi connectivity index (χ1) is 8.30. The van der Waals surface area contributed by atoms with Crippen molar-refractivity contribution in [1.29, 1.82) is 0 Å². The van der Waals surface area contributed by atoms with E-state index in [0.717, 1.165) is 19.3 Å². The number of ether oxygens (including phenoxy) is 1. The summed E-state index contributed by atoms with van der Waals surface area (Å²) in [5, 5.41) is 0. The summed E-state index contributed by atoms with van der Waals surface area (Å²) in [6.45, 7) is 5.47. The normalized spacial score (nSPS) is 18.0. The summed E-state index contributed by atoms with van der Waals surface area (Å²) < 4.78 is 5.24. The number of hydrogen-bond donors (Lipinski definition) is 1. The molecule has 0 unspecified atom stereocenters. The Bertz CT molecular complexity index is 444. The summed E-state index contributed by atoms with van der Waals surface area (Å²) in [7, 11) is 0. The molecule has 1 fully saturated rings. The highest BCUT2D eigenvalue weighted by molar-refractivity contribution is 5.88. The molecule has 1 aromatic rings. The summed E-state index contributed by atoms with van der Waals surface area (Å²) in [5.74, 6) is 0.204. The van der Waals surface area contributed by atoms with Crippen LogP contribution in [-0.4, -0.2) is 21.5 Å². The van der Waals surface area contributed by atoms with Crippen LogP contribution in [0.5, 0.6) is 0 Å². The summed E-state index contributed by atoms with van der Waals surface area (Å²) in [6.07, 6.45) is 5.89. The second kappa shape index (κ2) is 4.31. The third kappa shape index (κ3) is 2.67. The number of hydrogen-bond acceptors (Lipinski definition) is 5. The van der Waals surface area contributed by atoms with Gasteiger partial charge in [-0.05, 0) is 40.0 Å². The van der Waals surface area contributed by atoms with E-state index in [1.54, 1.807) is 0 Å². The summed E-state index contributed by atoms with van der Waals surface area (Å²) in [4.78, 5) is 20.1. The Balaban J connectivity index is 2.10. The number of nitrogens with two attached hydrogens (primary N) is 1. The molecule has 0 bridgehead atoms. The highest BCUT2D eigenvalue weighted by Gasteiger charge is 2.37. The van der Waals surface area contributed by atoms with Crippen molar-refractivity contribution in [2.24, 2.45) is 5.73 Å². The lowest BCUT2D eigenvalue weighted by Gasteiger charge is -2.36. The zero-order chi connectivity index (χ0) is 13.4. The van der Waals surface area contributed by atoms with E-state index < -0.39 is 17.1 Å². The topological polar surface area (TPSA) is 78.1 Å². The van der Waals surface area contributed by atoms with Gasteiger partial charge in [0, 0.05) is 12.4 Å². The molecule has 0 amide bonds. The van der Waals surface area contributed by atoms with Crippen LogP contribution in [-0.2, 0) is 10.3 Å². The molecule has 1 aliphatic carbocycles. The van der Waals surface area contributed by atoms with Crippen molar-refractivity contribution < 1.29 is 9.53 Å². The number of carbonyl (C=O) groups is 1. The number of aromatic nitrogens is 2. The molecule has 1 aliphatic rings. The monoisotopic (exact) mass is 249 g/mol. The van der Waals surface area contributed by atoms with Crippen LogP contribution >= 0.6 is 0 Å². The van der Waals surface area contributed by atoms with Crippen molar-refractivity contribution in [2.75, 3.05) is 0 Å². The molecule has 0 aromatic carbocycles. The molecule has 1 aromatic heterocycles. The highest BCUT2D eigenvalue weighted by Crippen LogP contribution is 2.36. The third-order valence-corrected chi connectivity index (χ3v) is 2.98. The smallest absolute Gasteiger partial charge is 0.341 e. The fraction of sp³-hybridized carbons (Fsp3) is 0.615. The van der Waals surface area contributed by atoms with Gasteiger partial charge in [-0.2, -0.15) is 0 Å². The van der Waals surface area contributed by atoms with E-state index in [9.17, 15) is 4.79 Å². The third-order valence-electron chi connectivity index (χ3n) is 2.98. The predicted octanol–water partition coefficient (Wildman–Crippen LogP) is 1.77. The minimum absolute atomic E-state index is 0.358. The van der Waals surface area contributed by atoms with Gasteiger partial charge >= 0.3 is 5.97 Å². The lowest BCUT2D eigenvalue weighted by molar-refractivity contribution is 0.00683. The Kier molecular flexibility index (Phi) is 3.11. The van der Waals surface area contributed by atoms with Crippen molar-refractivity contribution in [2.45, 2.75) is 51.2 Å². The summed E-state index contributed by atoms with van der Waals surface area (Å²) in [6, 6.07) is 0. The van der Waals surface area contributed by atoms with E-state index in [2.05, 4.69) is 9.97 Å². The maximum atomic E-state index is 11.8. The first-order valence-electron chi connectivity index (χ1n) is 6.15. The molecule has 2 rings (SSSR count). The maximum absolute atomic E-state index is 11.8. The molecule has 0 atom stereocenters. The standard InChI is InChI=1S/C13H19N3O2/c1-12(2,3)18-10(17)9-7-15-11(16-8-9)13(14)5-4-6-13/h7-8H,4-6,14H2,1-3H3. The molecular formula is C13H19N3O2. The van der Waals surface area contributed by atoms with Gasteiger partial charge in [-0.3, -0.25) is 0 Å². The fourth-order valence-electron chi connectivity index (χ4n) is 1.81. The molecule has 18 heavy (non-hydrogen) atoms. The molecule has 0 saturated heterocycles. The molecule has 0 radical (unpaired) electrons. The molecule has 1 saturated carbocycles. The van der Waals surface area contributed by atoms with E-state index in [0.29, 0.717) is 11.4 Å². The Morgan fingerprint density at radius 1 is 1.33 bits per heavy atom. The SMILES string of the molecule is CC(C)(C)OC(=O)c1cnc(C2(N)CCC2)nc1. The number of carbonyl (C=O) groups excluding carboxylic acids is 1. The lowest BCUT2D eigenvalue weighted by atomic mass is 9.77. The van der Waals surface area contributed by atoms with Crippen LogP contribution in [0.3, 0.4) is 0 Å². The van der Waals surface area contributed by atoms with Gasteiger partial charge in [0.15, 0.2) is 0 Å². The highest BCUT2D eigenvalue weighted by atomic mass is 16.6. The van der Waals surface area contributed by atoms with Crippen molar-refractivity contribution >= 4 is 5.97 Å². The van der Waals surface area contributed by atoms with Crippen molar-refractivity contribution in [3.63, 3.8) is 0 Å². The van der Waals surface area contributed by atoms with Crippen LogP contribution in [0.1, 0.15) is 56.2 Å². The van der Waals surface area contributed by atoms with E-state index in [1.165, 1.54) is 12.4 Å². The van der Waals surface area contributed by atoms with Gasteiger partial charge in [-0.1, -0.05) is 0 Å². The Labute approximate surface area is 107 Å². The van der Waals surface area contributed by atoms with Crippen LogP contribution in [0, 0.1) is 0 Å². The van der Waals surface area contributed by atoms with Gasteiger partial charge in [0.05, 0.1) is 11.1 Å². The van der Waals surface area contributed by atoms with Crippen LogP contribution in [0.2, 0.25) is 0 Å². The van der Waals surface area contributed by atoms with Crippen LogP contribution in [0.15, 0.2) is 12.4 Å². The van der Waals surface area contributed by atoms with Gasteiger partial charge in [-0.15, -0.1) is 0 Å². The van der Waals surface area contributed by atoms with Gasteiger partial charge in [-0.25, -0.2) is 14.8 Å². The summed E-state index contributed by atoms with van der Waals surface area (Å²) in [5.41, 5.74) is 5.56. The van der Waals surface area contributed by atoms with Crippen molar-refractivity contribution in [3.8, 4) is 0 Å². The van der Waals surface area contributed by atoms with Crippen LogP contribution in [0.25, 0.3) is 0 Å². The fourth-order valence-corrected chi connectivity index (χ4v) is 1.81. The van der Waals surface area contributed by atoms with Gasteiger partial charge in [0.1, 0.15) is 11.4 Å². The quantitative estimate of drug-likeness (QED) is 0.808. The van der Waals surface area contributed by atoms with E-state index in [1.807, 2.05) is 20.8 Å². The van der Waals surface area contributed by atoms with E-state index in [-0.39, 0.29) is 0 Å². The number of esters is 1. The second-order valence-corrected chi connectivity index (χ2v) is 5.81. The van der Waals surface area contributed by atoms with Gasteiger partial charge < -0.3 is 10.5 Å².